The van der Waals surface area contributed by atoms with E-state index in [1.165, 1.54) is 0 Å². The second kappa shape index (κ2) is 9.91. The van der Waals surface area contributed by atoms with Crippen molar-refractivity contribution in [3.05, 3.63) is 39.4 Å². The first kappa shape index (κ1) is 26.8. The SMILES string of the molecule is CC(OS(=O)(=O)O)C(c1cccc([N+](=O)[O-])c1C(C(C)OS(=O)(=O)O)=S(=O)=O)=S(=O)=O. The topological polar surface area (TPSA) is 239 Å². The molecule has 2 N–H and O–H groups in total. The minimum Gasteiger partial charge on any atom is -0.264 e. The van der Waals surface area contributed by atoms with Gasteiger partial charge in [0.25, 0.3) is 5.69 Å². The van der Waals surface area contributed by atoms with Crippen molar-refractivity contribution in [2.45, 2.75) is 26.1 Å². The molecular weight excluding hydrogens is 510 g/mol. The highest BCUT2D eigenvalue weighted by Crippen LogP contribution is 2.27. The molecule has 0 aliphatic rings. The highest BCUT2D eigenvalue weighted by Gasteiger charge is 2.34. The van der Waals surface area contributed by atoms with Crippen LogP contribution < -0.4 is 0 Å². The molecule has 15 nitrogen and oxygen atoms in total. The lowest BCUT2D eigenvalue weighted by Gasteiger charge is -2.17. The monoisotopic (exact) mass is 523 g/mol. The second-order valence-corrected chi connectivity index (χ2v) is 9.40. The van der Waals surface area contributed by atoms with Gasteiger partial charge in [0.2, 0.25) is 20.6 Å². The Hall–Kier alpha value is -2.26. The van der Waals surface area contributed by atoms with E-state index in [0.717, 1.165) is 32.0 Å². The summed E-state index contributed by atoms with van der Waals surface area (Å²) in [6.45, 7) is 1.58. The second-order valence-electron chi connectivity index (χ2n) is 5.49. The fourth-order valence-corrected chi connectivity index (χ4v) is 4.89. The van der Waals surface area contributed by atoms with Crippen molar-refractivity contribution in [3.63, 3.8) is 0 Å². The summed E-state index contributed by atoms with van der Waals surface area (Å²) in [5.74, 6) is 0. The van der Waals surface area contributed by atoms with E-state index in [4.69, 9.17) is 9.11 Å². The van der Waals surface area contributed by atoms with Crippen molar-refractivity contribution < 1.29 is 56.1 Å². The molecule has 1 aromatic carbocycles. The summed E-state index contributed by atoms with van der Waals surface area (Å²) < 4.78 is 117. The Morgan fingerprint density at radius 1 is 0.935 bits per heavy atom. The van der Waals surface area contributed by atoms with Crippen molar-refractivity contribution >= 4 is 56.8 Å². The highest BCUT2D eigenvalue weighted by atomic mass is 32.3. The first-order chi connectivity index (χ1) is 14.0. The van der Waals surface area contributed by atoms with Crippen LogP contribution in [0.1, 0.15) is 25.0 Å². The number of rotatable bonds is 9. The van der Waals surface area contributed by atoms with E-state index >= 15 is 0 Å². The van der Waals surface area contributed by atoms with Gasteiger partial charge in [0.1, 0.15) is 21.9 Å². The number of hydrogen-bond acceptors (Lipinski definition) is 12. The van der Waals surface area contributed by atoms with Crippen molar-refractivity contribution in [1.29, 1.82) is 0 Å². The van der Waals surface area contributed by atoms with Crippen LogP contribution in [-0.2, 0) is 49.8 Å². The molecule has 0 heterocycles. The molecule has 0 saturated carbocycles. The number of benzene rings is 1. The third-order valence-corrected chi connectivity index (χ3v) is 6.25. The lowest BCUT2D eigenvalue weighted by Crippen LogP contribution is -2.31. The fraction of sp³-hybridized carbons (Fsp3) is 0.333. The maximum absolute atomic E-state index is 11.8. The van der Waals surface area contributed by atoms with E-state index in [-0.39, 0.29) is 0 Å². The van der Waals surface area contributed by atoms with Gasteiger partial charge in [-0.3, -0.25) is 19.2 Å². The zero-order chi connectivity index (χ0) is 24.3. The summed E-state index contributed by atoms with van der Waals surface area (Å²) in [5.41, 5.74) is -2.80. The van der Waals surface area contributed by atoms with Gasteiger partial charge in [0, 0.05) is 11.6 Å². The largest absolute Gasteiger partial charge is 0.397 e. The Labute approximate surface area is 178 Å². The minimum absolute atomic E-state index is 0.742. The number of nitrogens with zero attached hydrogens (tertiary/aromatic N) is 1. The zero-order valence-electron chi connectivity index (χ0n) is 15.3. The predicted octanol–water partition coefficient (Wildman–Crippen LogP) is -1.19. The zero-order valence-corrected chi connectivity index (χ0v) is 18.5. The highest BCUT2D eigenvalue weighted by molar-refractivity contribution is 7.81. The van der Waals surface area contributed by atoms with E-state index in [9.17, 15) is 43.8 Å². The Bertz CT molecular complexity index is 1370. The smallest absolute Gasteiger partial charge is 0.264 e. The molecule has 0 aromatic heterocycles. The molecular formula is C12H13NO14S4. The van der Waals surface area contributed by atoms with E-state index in [0.29, 0.717) is 0 Å². The maximum atomic E-state index is 11.8. The van der Waals surface area contributed by atoms with Crippen LogP contribution >= 0.6 is 0 Å². The molecule has 0 amide bonds. The number of nitro groups is 1. The quantitative estimate of drug-likeness (QED) is 0.127. The Morgan fingerprint density at radius 2 is 1.35 bits per heavy atom. The number of hydrogen-bond donors (Lipinski definition) is 2. The molecule has 0 saturated heterocycles. The van der Waals surface area contributed by atoms with Gasteiger partial charge in [-0.25, -0.2) is 8.37 Å². The fourth-order valence-electron chi connectivity index (χ4n) is 2.48. The van der Waals surface area contributed by atoms with Gasteiger partial charge in [0.05, 0.1) is 10.5 Å². The third-order valence-electron chi connectivity index (χ3n) is 3.38. The Morgan fingerprint density at radius 3 is 1.71 bits per heavy atom. The molecule has 0 fully saturated rings. The molecule has 1 aromatic rings. The minimum atomic E-state index is -5.26. The first-order valence-corrected chi connectivity index (χ1v) is 12.4. The molecule has 0 aliphatic heterocycles. The Balaban J connectivity index is 4.09. The van der Waals surface area contributed by atoms with Crippen molar-refractivity contribution in [2.75, 3.05) is 0 Å². The van der Waals surface area contributed by atoms with Crippen molar-refractivity contribution in [3.8, 4) is 0 Å². The van der Waals surface area contributed by atoms with E-state index in [1.54, 1.807) is 0 Å². The third kappa shape index (κ3) is 7.43. The summed E-state index contributed by atoms with van der Waals surface area (Å²) in [7, 11) is -17.4. The van der Waals surface area contributed by atoms with E-state index in [1.807, 2.05) is 0 Å². The lowest BCUT2D eigenvalue weighted by atomic mass is 9.96. The molecule has 2 unspecified atom stereocenters. The van der Waals surface area contributed by atoms with Gasteiger partial charge in [0.15, 0.2) is 0 Å². The van der Waals surface area contributed by atoms with Gasteiger partial charge >= 0.3 is 20.8 Å². The van der Waals surface area contributed by atoms with Crippen LogP contribution in [0.25, 0.3) is 0 Å². The van der Waals surface area contributed by atoms with Gasteiger partial charge in [-0.05, 0) is 13.8 Å². The first-order valence-electron chi connectivity index (χ1n) is 7.48. The molecule has 174 valence electrons. The van der Waals surface area contributed by atoms with Gasteiger partial charge in [-0.15, -0.1) is 0 Å². The standard InChI is InChI=1S/C12H13NO14S4/c1-6(26-30(20,21)22)11(28(16)17)8-4-3-5-9(13(14)15)10(8)12(29(18)19)7(2)27-31(23,24)25/h3-7H,1-2H3,(H,20,21,22)(H,23,24,25). The summed E-state index contributed by atoms with van der Waals surface area (Å²) in [6.07, 6.45) is -4.10. The summed E-state index contributed by atoms with van der Waals surface area (Å²) in [4.78, 5) is 8.11. The van der Waals surface area contributed by atoms with Crippen LogP contribution in [0, 0.1) is 10.1 Å². The normalized spacial score (nSPS) is 13.8. The predicted molar refractivity (Wildman–Crippen MR) is 103 cm³/mol. The molecule has 0 bridgehead atoms. The molecule has 0 aliphatic carbocycles. The van der Waals surface area contributed by atoms with Gasteiger partial charge < -0.3 is 0 Å². The van der Waals surface area contributed by atoms with Crippen LogP contribution in [-0.4, -0.2) is 69.6 Å². The van der Waals surface area contributed by atoms with Crippen molar-refractivity contribution in [1.82, 2.24) is 0 Å². The van der Waals surface area contributed by atoms with Crippen LogP contribution in [0.2, 0.25) is 0 Å². The average molecular weight is 523 g/mol. The van der Waals surface area contributed by atoms with Gasteiger partial charge in [-0.2, -0.15) is 33.7 Å². The molecule has 19 heteroatoms. The molecule has 0 radical (unpaired) electrons. The van der Waals surface area contributed by atoms with Crippen LogP contribution in [0.3, 0.4) is 0 Å². The molecule has 1 rings (SSSR count). The van der Waals surface area contributed by atoms with Crippen molar-refractivity contribution in [2.24, 2.45) is 0 Å². The van der Waals surface area contributed by atoms with Crippen LogP contribution in [0.4, 0.5) is 5.69 Å². The summed E-state index contributed by atoms with van der Waals surface area (Å²) >= 11 is 0. The maximum Gasteiger partial charge on any atom is 0.397 e. The lowest BCUT2D eigenvalue weighted by molar-refractivity contribution is -0.385. The molecule has 2 atom stereocenters. The molecule has 0 spiro atoms. The van der Waals surface area contributed by atoms with Gasteiger partial charge in [-0.1, -0.05) is 12.1 Å². The summed E-state index contributed by atoms with van der Waals surface area (Å²) in [6, 6.07) is 2.50. The molecule has 31 heavy (non-hydrogen) atoms. The van der Waals surface area contributed by atoms with Crippen LogP contribution in [0.15, 0.2) is 18.2 Å². The van der Waals surface area contributed by atoms with E-state index in [2.05, 4.69) is 8.37 Å². The average Bonchev–Trinajstić information content (AvgIpc) is 2.51. The number of nitro benzene ring substituents is 1. The van der Waals surface area contributed by atoms with Crippen LogP contribution in [0.5, 0.6) is 0 Å². The van der Waals surface area contributed by atoms with E-state index < -0.39 is 85.1 Å². The summed E-state index contributed by atoms with van der Waals surface area (Å²) in [5, 5.41) is 11.5. The Kier molecular flexibility index (Phi) is 8.56.